The van der Waals surface area contributed by atoms with Gasteiger partial charge in [-0.15, -0.1) is 0 Å². The van der Waals surface area contributed by atoms with Crippen LogP contribution in [0.1, 0.15) is 40.2 Å². The highest BCUT2D eigenvalue weighted by atomic mass is 16.5. The minimum absolute atomic E-state index is 0.0435. The Morgan fingerprint density at radius 1 is 1.06 bits per heavy atom. The first kappa shape index (κ1) is 22.1. The van der Waals surface area contributed by atoms with Gasteiger partial charge < -0.3 is 15.2 Å². The highest BCUT2D eigenvalue weighted by molar-refractivity contribution is 6.01. The first-order chi connectivity index (χ1) is 15.9. The van der Waals surface area contributed by atoms with Gasteiger partial charge in [0.05, 0.1) is 0 Å². The zero-order valence-corrected chi connectivity index (χ0v) is 18.1. The van der Waals surface area contributed by atoms with Crippen molar-refractivity contribution in [2.75, 3.05) is 18.5 Å². The number of nitrogens with one attached hydrogen (secondary N) is 2. The Bertz CT molecular complexity index is 1160. The lowest BCUT2D eigenvalue weighted by atomic mass is 9.98. The van der Waals surface area contributed by atoms with E-state index in [9.17, 15) is 14.4 Å². The van der Waals surface area contributed by atoms with Crippen molar-refractivity contribution >= 4 is 23.8 Å². The zero-order chi connectivity index (χ0) is 23.4. The summed E-state index contributed by atoms with van der Waals surface area (Å²) in [6.07, 6.45) is 1.02. The van der Waals surface area contributed by atoms with Crippen molar-refractivity contribution in [1.29, 1.82) is 0 Å². The quantitative estimate of drug-likeness (QED) is 0.454. The number of aryl methyl sites for hydroxylation is 1. The molecule has 1 aliphatic carbocycles. The van der Waals surface area contributed by atoms with Crippen LogP contribution >= 0.6 is 0 Å². The maximum Gasteiger partial charge on any atom is 0.412 e. The molecule has 0 atom stereocenters. The van der Waals surface area contributed by atoms with Crippen LogP contribution in [0.5, 0.6) is 0 Å². The maximum atomic E-state index is 12.5. The lowest BCUT2D eigenvalue weighted by Crippen LogP contribution is -2.26. The summed E-state index contributed by atoms with van der Waals surface area (Å²) in [5.74, 6) is -1.39. The summed E-state index contributed by atoms with van der Waals surface area (Å²) >= 11 is 0. The molecule has 9 nitrogen and oxygen atoms in total. The third kappa shape index (κ3) is 4.87. The number of ether oxygens (including phenoxy) is 1. The maximum absolute atomic E-state index is 12.5. The van der Waals surface area contributed by atoms with Crippen LogP contribution in [0.4, 0.5) is 10.6 Å². The number of carbonyl (C=O) groups excluding carboxylic acids is 2. The van der Waals surface area contributed by atoms with Crippen molar-refractivity contribution < 1.29 is 24.2 Å². The second-order valence-corrected chi connectivity index (χ2v) is 7.77. The van der Waals surface area contributed by atoms with Gasteiger partial charge >= 0.3 is 12.1 Å². The van der Waals surface area contributed by atoms with Crippen molar-refractivity contribution in [3.8, 4) is 11.1 Å². The van der Waals surface area contributed by atoms with E-state index in [-0.39, 0.29) is 36.9 Å². The fraction of sp³-hybridized carbons (Fsp3) is 0.250. The van der Waals surface area contributed by atoms with Crippen LogP contribution in [0.25, 0.3) is 11.1 Å². The standard InChI is InChI=1S/C24H24N4O5/c1-28-13-19(23(31)25-12-6-11-21(29)30)22(27-28)26-24(32)33-14-20-17-9-4-2-7-15(17)16-8-3-5-10-18(16)20/h2-5,7-10,13,20H,6,11-12,14H2,1H3,(H,25,31)(H,29,30)(H,26,27,32). The predicted octanol–water partition coefficient (Wildman–Crippen LogP) is 3.38. The molecule has 170 valence electrons. The second-order valence-electron chi connectivity index (χ2n) is 7.77. The van der Waals surface area contributed by atoms with Gasteiger partial charge in [0, 0.05) is 32.1 Å². The Morgan fingerprint density at radius 2 is 1.70 bits per heavy atom. The average Bonchev–Trinajstić information content (AvgIpc) is 3.32. The van der Waals surface area contributed by atoms with E-state index < -0.39 is 18.0 Å². The molecule has 2 aromatic carbocycles. The largest absolute Gasteiger partial charge is 0.481 e. The van der Waals surface area contributed by atoms with Gasteiger partial charge in [0.2, 0.25) is 0 Å². The lowest BCUT2D eigenvalue weighted by molar-refractivity contribution is -0.137. The topological polar surface area (TPSA) is 123 Å². The van der Waals surface area contributed by atoms with E-state index in [4.69, 9.17) is 9.84 Å². The van der Waals surface area contributed by atoms with Gasteiger partial charge in [0.15, 0.2) is 5.82 Å². The number of carbonyl (C=O) groups is 3. The summed E-state index contributed by atoms with van der Waals surface area (Å²) in [5, 5.41) is 18.0. The van der Waals surface area contributed by atoms with Crippen LogP contribution in [0.3, 0.4) is 0 Å². The number of carboxylic acids is 1. The van der Waals surface area contributed by atoms with Crippen molar-refractivity contribution in [2.45, 2.75) is 18.8 Å². The minimum Gasteiger partial charge on any atom is -0.481 e. The summed E-state index contributed by atoms with van der Waals surface area (Å²) in [4.78, 5) is 35.6. The highest BCUT2D eigenvalue weighted by Gasteiger charge is 2.29. The van der Waals surface area contributed by atoms with Gasteiger partial charge in [-0.3, -0.25) is 19.6 Å². The monoisotopic (exact) mass is 448 g/mol. The molecule has 9 heteroatoms. The number of aliphatic carboxylic acids is 1. The number of rotatable bonds is 8. The van der Waals surface area contributed by atoms with Gasteiger partial charge in [0.25, 0.3) is 5.91 Å². The molecule has 0 saturated carbocycles. The molecule has 0 spiro atoms. The predicted molar refractivity (Wildman–Crippen MR) is 121 cm³/mol. The van der Waals surface area contributed by atoms with Crippen LogP contribution in [-0.2, 0) is 16.6 Å². The second kappa shape index (κ2) is 9.56. The Balaban J connectivity index is 1.39. The number of fused-ring (bicyclic) bond motifs is 3. The third-order valence-electron chi connectivity index (χ3n) is 5.49. The van der Waals surface area contributed by atoms with Crippen LogP contribution < -0.4 is 10.6 Å². The van der Waals surface area contributed by atoms with E-state index in [2.05, 4.69) is 27.9 Å². The molecule has 1 heterocycles. The van der Waals surface area contributed by atoms with Gasteiger partial charge in [0.1, 0.15) is 12.2 Å². The molecule has 2 amide bonds. The molecule has 1 aromatic heterocycles. The van der Waals surface area contributed by atoms with Crippen molar-refractivity contribution in [3.63, 3.8) is 0 Å². The van der Waals surface area contributed by atoms with Crippen LogP contribution in [-0.4, -0.2) is 46.0 Å². The molecule has 3 N–H and O–H groups in total. The normalized spacial score (nSPS) is 12.0. The number of hydrogen-bond donors (Lipinski definition) is 3. The minimum atomic E-state index is -0.928. The van der Waals surface area contributed by atoms with E-state index in [0.717, 1.165) is 22.3 Å². The smallest absolute Gasteiger partial charge is 0.412 e. The summed E-state index contributed by atoms with van der Waals surface area (Å²) in [5.41, 5.74) is 4.64. The molecule has 33 heavy (non-hydrogen) atoms. The first-order valence-electron chi connectivity index (χ1n) is 10.6. The number of carboxylic acid groups (broad SMARTS) is 1. The molecule has 0 unspecified atom stereocenters. The number of anilines is 1. The van der Waals surface area contributed by atoms with Crippen LogP contribution in [0.15, 0.2) is 54.7 Å². The Hall–Kier alpha value is -4.14. The number of nitrogens with zero attached hydrogens (tertiary/aromatic N) is 2. The molecule has 0 radical (unpaired) electrons. The van der Waals surface area contributed by atoms with E-state index >= 15 is 0 Å². The van der Waals surface area contributed by atoms with Crippen LogP contribution in [0, 0.1) is 0 Å². The Morgan fingerprint density at radius 3 is 2.33 bits per heavy atom. The SMILES string of the molecule is Cn1cc(C(=O)NCCCC(=O)O)c(NC(=O)OCC2c3ccccc3-c3ccccc32)n1. The van der Waals surface area contributed by atoms with Gasteiger partial charge in [-0.25, -0.2) is 4.79 Å². The van der Waals surface area contributed by atoms with Gasteiger partial charge in [-0.2, -0.15) is 5.10 Å². The molecular formula is C24H24N4O5. The summed E-state index contributed by atoms with van der Waals surface area (Å²) in [7, 11) is 1.63. The van der Waals surface area contributed by atoms with E-state index in [1.807, 2.05) is 36.4 Å². The van der Waals surface area contributed by atoms with Gasteiger partial charge in [-0.05, 0) is 28.7 Å². The van der Waals surface area contributed by atoms with Crippen LogP contribution in [0.2, 0.25) is 0 Å². The number of benzene rings is 2. The molecule has 0 aliphatic heterocycles. The molecular weight excluding hydrogens is 424 g/mol. The van der Waals surface area contributed by atoms with Crippen molar-refractivity contribution in [3.05, 3.63) is 71.4 Å². The van der Waals surface area contributed by atoms with E-state index in [0.29, 0.717) is 6.42 Å². The highest BCUT2D eigenvalue weighted by Crippen LogP contribution is 2.44. The Kier molecular flexibility index (Phi) is 6.39. The number of aromatic nitrogens is 2. The van der Waals surface area contributed by atoms with E-state index in [1.165, 1.54) is 10.9 Å². The molecule has 0 saturated heterocycles. The van der Waals surface area contributed by atoms with Gasteiger partial charge in [-0.1, -0.05) is 48.5 Å². The molecule has 3 aromatic rings. The molecule has 0 fully saturated rings. The zero-order valence-electron chi connectivity index (χ0n) is 18.1. The number of hydrogen-bond acceptors (Lipinski definition) is 5. The average molecular weight is 448 g/mol. The number of amides is 2. The fourth-order valence-electron chi connectivity index (χ4n) is 4.01. The Labute approximate surface area is 190 Å². The fourth-order valence-corrected chi connectivity index (χ4v) is 4.01. The first-order valence-corrected chi connectivity index (χ1v) is 10.6. The lowest BCUT2D eigenvalue weighted by Gasteiger charge is -2.14. The molecule has 4 rings (SSSR count). The molecule has 1 aliphatic rings. The summed E-state index contributed by atoms with van der Waals surface area (Å²) in [6, 6.07) is 16.1. The summed E-state index contributed by atoms with van der Waals surface area (Å²) in [6.45, 7) is 0.341. The van der Waals surface area contributed by atoms with Crippen molar-refractivity contribution in [2.24, 2.45) is 7.05 Å². The van der Waals surface area contributed by atoms with Crippen molar-refractivity contribution in [1.82, 2.24) is 15.1 Å². The summed E-state index contributed by atoms with van der Waals surface area (Å²) < 4.78 is 6.92. The molecule has 0 bridgehead atoms. The third-order valence-corrected chi connectivity index (χ3v) is 5.49. The van der Waals surface area contributed by atoms with E-state index in [1.54, 1.807) is 7.05 Å².